The van der Waals surface area contributed by atoms with E-state index >= 15 is 0 Å². The smallest absolute Gasteiger partial charge is 0.196 e. The molecule has 2 heteroatoms. The standard InChI is InChI=1S/C17H14O2/c1-12-6-8-13(9-7-12)10-14-11-19-16-5-3-2-4-15(16)17(14)18/h2-10H,11H2,1H3. The Morgan fingerprint density at radius 1 is 1.05 bits per heavy atom. The lowest BCUT2D eigenvalue weighted by Gasteiger charge is -2.18. The summed E-state index contributed by atoms with van der Waals surface area (Å²) in [5.74, 6) is 0.732. The molecule has 0 amide bonds. The normalized spacial score (nSPS) is 16.1. The Morgan fingerprint density at radius 2 is 1.79 bits per heavy atom. The van der Waals surface area contributed by atoms with Gasteiger partial charge in [-0.3, -0.25) is 4.79 Å². The Hall–Kier alpha value is -2.35. The third kappa shape index (κ3) is 2.29. The number of fused-ring (bicyclic) bond motifs is 1. The first kappa shape index (κ1) is 11.7. The molecule has 19 heavy (non-hydrogen) atoms. The van der Waals surface area contributed by atoms with Crippen molar-refractivity contribution in [2.45, 2.75) is 6.92 Å². The molecule has 0 spiro atoms. The molecule has 0 unspecified atom stereocenters. The van der Waals surface area contributed by atoms with Gasteiger partial charge in [0.15, 0.2) is 5.78 Å². The minimum Gasteiger partial charge on any atom is -0.488 e. The maximum absolute atomic E-state index is 12.3. The molecule has 3 rings (SSSR count). The van der Waals surface area contributed by atoms with Gasteiger partial charge in [0, 0.05) is 5.57 Å². The monoisotopic (exact) mass is 250 g/mol. The van der Waals surface area contributed by atoms with Gasteiger partial charge in [0.05, 0.1) is 5.56 Å². The molecule has 0 bridgehead atoms. The Labute approximate surface area is 112 Å². The molecule has 94 valence electrons. The average Bonchev–Trinajstić information content (AvgIpc) is 2.45. The molecule has 2 nitrogen and oxygen atoms in total. The van der Waals surface area contributed by atoms with Crippen LogP contribution in [-0.4, -0.2) is 12.4 Å². The molecule has 0 aliphatic carbocycles. The highest BCUT2D eigenvalue weighted by atomic mass is 16.5. The lowest BCUT2D eigenvalue weighted by atomic mass is 9.98. The SMILES string of the molecule is Cc1ccc(C=C2COc3ccccc3C2=O)cc1. The predicted molar refractivity (Wildman–Crippen MR) is 75.4 cm³/mol. The van der Waals surface area contributed by atoms with E-state index in [0.29, 0.717) is 23.5 Å². The summed E-state index contributed by atoms with van der Waals surface area (Å²) in [5.41, 5.74) is 3.57. The summed E-state index contributed by atoms with van der Waals surface area (Å²) in [4.78, 5) is 12.3. The first-order chi connectivity index (χ1) is 9.24. The summed E-state index contributed by atoms with van der Waals surface area (Å²) < 4.78 is 5.61. The maximum Gasteiger partial charge on any atom is 0.196 e. The van der Waals surface area contributed by atoms with Gasteiger partial charge < -0.3 is 4.74 Å². The molecule has 1 aliphatic rings. The van der Waals surface area contributed by atoms with Gasteiger partial charge in [0.1, 0.15) is 12.4 Å². The third-order valence-electron chi connectivity index (χ3n) is 3.22. The summed E-state index contributed by atoms with van der Waals surface area (Å²) in [6, 6.07) is 15.5. The van der Waals surface area contributed by atoms with E-state index in [9.17, 15) is 4.79 Å². The van der Waals surface area contributed by atoms with Crippen LogP contribution in [0.15, 0.2) is 54.1 Å². The molecule has 0 aromatic heterocycles. The topological polar surface area (TPSA) is 26.3 Å². The van der Waals surface area contributed by atoms with Crippen LogP contribution < -0.4 is 4.74 Å². The Balaban J connectivity index is 1.96. The van der Waals surface area contributed by atoms with Crippen molar-refractivity contribution in [3.63, 3.8) is 0 Å². The summed E-state index contributed by atoms with van der Waals surface area (Å²) in [6.07, 6.45) is 1.90. The second-order valence-corrected chi connectivity index (χ2v) is 4.69. The van der Waals surface area contributed by atoms with E-state index in [1.165, 1.54) is 5.56 Å². The van der Waals surface area contributed by atoms with Crippen molar-refractivity contribution in [1.29, 1.82) is 0 Å². The number of ketones is 1. The van der Waals surface area contributed by atoms with Crippen molar-refractivity contribution in [2.75, 3.05) is 6.61 Å². The molecule has 0 fully saturated rings. The lowest BCUT2D eigenvalue weighted by Crippen LogP contribution is -2.18. The molecule has 1 aliphatic heterocycles. The zero-order valence-corrected chi connectivity index (χ0v) is 10.7. The van der Waals surface area contributed by atoms with Crippen LogP contribution in [0.2, 0.25) is 0 Å². The largest absolute Gasteiger partial charge is 0.488 e. The summed E-state index contributed by atoms with van der Waals surface area (Å²) >= 11 is 0. The molecule has 2 aromatic carbocycles. The number of para-hydroxylation sites is 1. The van der Waals surface area contributed by atoms with Crippen LogP contribution in [0, 0.1) is 6.92 Å². The fourth-order valence-corrected chi connectivity index (χ4v) is 2.15. The van der Waals surface area contributed by atoms with E-state index in [1.807, 2.05) is 55.5 Å². The van der Waals surface area contributed by atoms with Crippen LogP contribution in [0.4, 0.5) is 0 Å². The fourth-order valence-electron chi connectivity index (χ4n) is 2.15. The van der Waals surface area contributed by atoms with E-state index in [-0.39, 0.29) is 5.78 Å². The summed E-state index contributed by atoms with van der Waals surface area (Å²) in [6.45, 7) is 2.38. The average molecular weight is 250 g/mol. The maximum atomic E-state index is 12.3. The number of benzene rings is 2. The summed E-state index contributed by atoms with van der Waals surface area (Å²) in [7, 11) is 0. The number of Topliss-reactive ketones (excluding diaryl/α,β-unsaturated/α-hetero) is 1. The molecular weight excluding hydrogens is 236 g/mol. The molecule has 0 radical (unpaired) electrons. The highest BCUT2D eigenvalue weighted by Gasteiger charge is 2.22. The van der Waals surface area contributed by atoms with Gasteiger partial charge in [-0.2, -0.15) is 0 Å². The van der Waals surface area contributed by atoms with Crippen molar-refractivity contribution in [3.05, 3.63) is 70.8 Å². The second kappa shape index (κ2) is 4.73. The van der Waals surface area contributed by atoms with Gasteiger partial charge in [0.25, 0.3) is 0 Å². The molecule has 2 aromatic rings. The highest BCUT2D eigenvalue weighted by molar-refractivity contribution is 6.14. The van der Waals surface area contributed by atoms with Gasteiger partial charge >= 0.3 is 0 Å². The van der Waals surface area contributed by atoms with E-state index in [2.05, 4.69) is 0 Å². The van der Waals surface area contributed by atoms with Crippen molar-refractivity contribution in [1.82, 2.24) is 0 Å². The van der Waals surface area contributed by atoms with Crippen LogP contribution in [0.3, 0.4) is 0 Å². The van der Waals surface area contributed by atoms with Crippen molar-refractivity contribution in [2.24, 2.45) is 0 Å². The number of hydrogen-bond donors (Lipinski definition) is 0. The molecule has 0 saturated carbocycles. The van der Waals surface area contributed by atoms with Crippen molar-refractivity contribution in [3.8, 4) is 5.75 Å². The van der Waals surface area contributed by atoms with Gasteiger partial charge in [0.2, 0.25) is 0 Å². The predicted octanol–water partition coefficient (Wildman–Crippen LogP) is 3.65. The van der Waals surface area contributed by atoms with Crippen LogP contribution in [0.1, 0.15) is 21.5 Å². The van der Waals surface area contributed by atoms with Crippen molar-refractivity contribution < 1.29 is 9.53 Å². The Kier molecular flexibility index (Phi) is 2.92. The third-order valence-corrected chi connectivity index (χ3v) is 3.22. The number of carbonyl (C=O) groups is 1. The number of hydrogen-bond acceptors (Lipinski definition) is 2. The van der Waals surface area contributed by atoms with E-state index in [0.717, 1.165) is 5.56 Å². The molecule has 0 saturated heterocycles. The van der Waals surface area contributed by atoms with Crippen LogP contribution in [-0.2, 0) is 0 Å². The number of carbonyl (C=O) groups excluding carboxylic acids is 1. The molecule has 1 heterocycles. The Bertz CT molecular complexity index is 651. The molecule has 0 atom stereocenters. The van der Waals surface area contributed by atoms with Gasteiger partial charge in [-0.1, -0.05) is 42.0 Å². The number of aryl methyl sites for hydroxylation is 1. The fraction of sp³-hybridized carbons (Fsp3) is 0.118. The van der Waals surface area contributed by atoms with Crippen LogP contribution in [0.5, 0.6) is 5.75 Å². The van der Waals surface area contributed by atoms with E-state index < -0.39 is 0 Å². The van der Waals surface area contributed by atoms with Crippen LogP contribution >= 0.6 is 0 Å². The van der Waals surface area contributed by atoms with E-state index in [1.54, 1.807) is 6.07 Å². The van der Waals surface area contributed by atoms with Gasteiger partial charge in [-0.15, -0.1) is 0 Å². The number of ether oxygens (including phenoxy) is 1. The minimum atomic E-state index is 0.0578. The minimum absolute atomic E-state index is 0.0578. The van der Waals surface area contributed by atoms with Crippen molar-refractivity contribution >= 4 is 11.9 Å². The molecule has 0 N–H and O–H groups in total. The first-order valence-electron chi connectivity index (χ1n) is 6.28. The highest BCUT2D eigenvalue weighted by Crippen LogP contribution is 2.27. The number of rotatable bonds is 1. The van der Waals surface area contributed by atoms with Crippen LogP contribution in [0.25, 0.3) is 6.08 Å². The zero-order chi connectivity index (χ0) is 13.2. The molecular formula is C17H14O2. The van der Waals surface area contributed by atoms with Gasteiger partial charge in [-0.25, -0.2) is 0 Å². The summed E-state index contributed by atoms with van der Waals surface area (Å²) in [5, 5.41) is 0. The second-order valence-electron chi connectivity index (χ2n) is 4.69. The first-order valence-corrected chi connectivity index (χ1v) is 6.28. The lowest BCUT2D eigenvalue weighted by molar-refractivity contribution is 0.100. The Morgan fingerprint density at radius 3 is 2.58 bits per heavy atom. The van der Waals surface area contributed by atoms with E-state index in [4.69, 9.17) is 4.74 Å². The van der Waals surface area contributed by atoms with Gasteiger partial charge in [-0.05, 0) is 30.7 Å². The zero-order valence-electron chi connectivity index (χ0n) is 10.7. The quantitative estimate of drug-likeness (QED) is 0.722.